The largest absolute Gasteiger partial charge is 0.375 e. The van der Waals surface area contributed by atoms with Gasteiger partial charge in [0.1, 0.15) is 0 Å². The predicted octanol–water partition coefficient (Wildman–Crippen LogP) is 2.19. The molecule has 0 saturated carbocycles. The molecule has 0 aliphatic rings. The summed E-state index contributed by atoms with van der Waals surface area (Å²) in [5, 5.41) is 2.53. The summed E-state index contributed by atoms with van der Waals surface area (Å²) in [7, 11) is 0. The second kappa shape index (κ2) is 2.95. The van der Waals surface area contributed by atoms with Crippen molar-refractivity contribution in [1.29, 1.82) is 0 Å². The number of nitrogens with zero attached hydrogens (tertiary/aromatic N) is 1. The molecule has 0 fully saturated rings. The van der Waals surface area contributed by atoms with Crippen molar-refractivity contribution in [3.05, 3.63) is 35.7 Å². The smallest absolute Gasteiger partial charge is 0.180 e. The fourth-order valence-electron chi connectivity index (χ4n) is 0.964. The van der Waals surface area contributed by atoms with Gasteiger partial charge in [-0.1, -0.05) is 24.3 Å². The first-order valence-corrected chi connectivity index (χ1v) is 4.42. The Balaban J connectivity index is 2.45. The van der Waals surface area contributed by atoms with E-state index in [2.05, 4.69) is 11.1 Å². The highest BCUT2D eigenvalue weighted by molar-refractivity contribution is 7.13. The molecule has 0 amide bonds. The highest BCUT2D eigenvalue weighted by atomic mass is 32.1. The maximum Gasteiger partial charge on any atom is 0.180 e. The van der Waals surface area contributed by atoms with Gasteiger partial charge in [-0.05, 0) is 6.07 Å². The molecule has 0 saturated heterocycles. The average molecular weight is 175 g/mol. The molecular formula is C9H7N2S. The average Bonchev–Trinajstić information content (AvgIpc) is 2.54. The lowest BCUT2D eigenvalue weighted by Gasteiger charge is -1.91. The molecule has 0 unspecified atom stereocenters. The minimum absolute atomic E-state index is 0.599. The van der Waals surface area contributed by atoms with Gasteiger partial charge >= 0.3 is 0 Å². The number of aromatic nitrogens is 1. The van der Waals surface area contributed by atoms with E-state index in [0.717, 1.165) is 11.3 Å². The topological polar surface area (TPSA) is 38.9 Å². The molecule has 0 atom stereocenters. The van der Waals surface area contributed by atoms with Crippen molar-refractivity contribution in [3.8, 4) is 11.3 Å². The van der Waals surface area contributed by atoms with Crippen molar-refractivity contribution >= 4 is 16.5 Å². The van der Waals surface area contributed by atoms with Crippen LogP contribution in [0.1, 0.15) is 0 Å². The maximum atomic E-state index is 5.51. The van der Waals surface area contributed by atoms with Crippen LogP contribution in [0.15, 0.2) is 29.6 Å². The minimum Gasteiger partial charge on any atom is -0.375 e. The standard InChI is InChI=1S/C9H7N2S/c10-9-11-8(6-12-9)7-4-2-1-3-5-7/h1-4,6H,(H2,10,11). The van der Waals surface area contributed by atoms with Gasteiger partial charge in [0.2, 0.25) is 0 Å². The van der Waals surface area contributed by atoms with Crippen molar-refractivity contribution in [2.45, 2.75) is 0 Å². The number of anilines is 1. The van der Waals surface area contributed by atoms with Crippen LogP contribution in [0, 0.1) is 6.07 Å². The van der Waals surface area contributed by atoms with Crippen LogP contribution in [0.25, 0.3) is 11.3 Å². The lowest BCUT2D eigenvalue weighted by Crippen LogP contribution is -1.82. The number of hydrogen-bond acceptors (Lipinski definition) is 3. The Kier molecular flexibility index (Phi) is 1.80. The van der Waals surface area contributed by atoms with Gasteiger partial charge in [0.15, 0.2) is 5.13 Å². The van der Waals surface area contributed by atoms with E-state index in [-0.39, 0.29) is 0 Å². The molecule has 0 aliphatic carbocycles. The lowest BCUT2D eigenvalue weighted by molar-refractivity contribution is 1.41. The molecule has 0 bridgehead atoms. The van der Waals surface area contributed by atoms with Crippen molar-refractivity contribution in [2.24, 2.45) is 0 Å². The number of nitrogens with two attached hydrogens (primary N) is 1. The van der Waals surface area contributed by atoms with Crippen LogP contribution in [0.4, 0.5) is 5.13 Å². The van der Waals surface area contributed by atoms with E-state index in [0.29, 0.717) is 5.13 Å². The molecule has 3 heteroatoms. The number of nitrogen functional groups attached to an aromatic ring is 1. The highest BCUT2D eigenvalue weighted by Gasteiger charge is 1.99. The normalized spacial score (nSPS) is 10.0. The van der Waals surface area contributed by atoms with Crippen LogP contribution in [0.5, 0.6) is 0 Å². The Morgan fingerprint density at radius 2 is 2.33 bits per heavy atom. The zero-order chi connectivity index (χ0) is 8.39. The minimum atomic E-state index is 0.599. The Hall–Kier alpha value is -1.35. The van der Waals surface area contributed by atoms with Gasteiger partial charge in [-0.15, -0.1) is 11.3 Å². The first kappa shape index (κ1) is 7.31. The molecule has 2 rings (SSSR count). The number of hydrogen-bond donors (Lipinski definition) is 1. The van der Waals surface area contributed by atoms with Crippen LogP contribution in [-0.2, 0) is 0 Å². The first-order chi connectivity index (χ1) is 5.86. The van der Waals surface area contributed by atoms with E-state index in [1.54, 1.807) is 0 Å². The molecule has 1 heterocycles. The summed E-state index contributed by atoms with van der Waals surface area (Å²) in [5.74, 6) is 0. The summed E-state index contributed by atoms with van der Waals surface area (Å²) in [6.07, 6.45) is 0. The summed E-state index contributed by atoms with van der Waals surface area (Å²) in [4.78, 5) is 4.15. The quantitative estimate of drug-likeness (QED) is 0.721. The molecule has 0 aliphatic heterocycles. The molecule has 1 aromatic carbocycles. The van der Waals surface area contributed by atoms with E-state index in [1.165, 1.54) is 11.3 Å². The molecule has 12 heavy (non-hydrogen) atoms. The third-order valence-electron chi connectivity index (χ3n) is 1.51. The molecule has 2 nitrogen and oxygen atoms in total. The SMILES string of the molecule is Nc1nc(-c2[c]cccc2)cs1. The Morgan fingerprint density at radius 1 is 1.42 bits per heavy atom. The second-order valence-electron chi connectivity index (χ2n) is 2.35. The van der Waals surface area contributed by atoms with Crippen molar-refractivity contribution in [1.82, 2.24) is 4.98 Å². The summed E-state index contributed by atoms with van der Waals surface area (Å²) in [6, 6.07) is 10.8. The van der Waals surface area contributed by atoms with E-state index in [4.69, 9.17) is 5.73 Å². The maximum absolute atomic E-state index is 5.51. The zero-order valence-corrected chi connectivity index (χ0v) is 7.14. The molecule has 1 radical (unpaired) electrons. The second-order valence-corrected chi connectivity index (χ2v) is 3.24. The van der Waals surface area contributed by atoms with Crippen LogP contribution < -0.4 is 5.73 Å². The number of thiazole rings is 1. The van der Waals surface area contributed by atoms with Gasteiger partial charge in [-0.3, -0.25) is 0 Å². The summed E-state index contributed by atoms with van der Waals surface area (Å²) in [6.45, 7) is 0. The van der Waals surface area contributed by atoms with Gasteiger partial charge in [0, 0.05) is 10.9 Å². The van der Waals surface area contributed by atoms with Gasteiger partial charge in [-0.25, -0.2) is 4.98 Å². The number of benzene rings is 1. The fraction of sp³-hybridized carbons (Fsp3) is 0. The van der Waals surface area contributed by atoms with E-state index in [9.17, 15) is 0 Å². The fourth-order valence-corrected chi connectivity index (χ4v) is 1.53. The van der Waals surface area contributed by atoms with Gasteiger partial charge in [-0.2, -0.15) is 0 Å². The molecular weight excluding hydrogens is 168 g/mol. The lowest BCUT2D eigenvalue weighted by atomic mass is 10.2. The Morgan fingerprint density at radius 3 is 2.92 bits per heavy atom. The van der Waals surface area contributed by atoms with Crippen LogP contribution >= 0.6 is 11.3 Å². The van der Waals surface area contributed by atoms with Crippen molar-refractivity contribution in [3.63, 3.8) is 0 Å². The molecule has 0 spiro atoms. The first-order valence-electron chi connectivity index (χ1n) is 3.54. The molecule has 1 aromatic heterocycles. The molecule has 2 aromatic rings. The van der Waals surface area contributed by atoms with Gasteiger partial charge < -0.3 is 5.73 Å². The van der Waals surface area contributed by atoms with E-state index in [1.807, 2.05) is 29.6 Å². The van der Waals surface area contributed by atoms with Crippen molar-refractivity contribution in [2.75, 3.05) is 5.73 Å². The Labute approximate surface area is 74.7 Å². The molecule has 2 N–H and O–H groups in total. The van der Waals surface area contributed by atoms with Crippen LogP contribution in [-0.4, -0.2) is 4.98 Å². The third kappa shape index (κ3) is 1.31. The Bertz CT molecular complexity index is 367. The summed E-state index contributed by atoms with van der Waals surface area (Å²) >= 11 is 1.45. The van der Waals surface area contributed by atoms with Crippen LogP contribution in [0.3, 0.4) is 0 Å². The summed E-state index contributed by atoms with van der Waals surface area (Å²) in [5.41, 5.74) is 7.40. The van der Waals surface area contributed by atoms with Crippen LogP contribution in [0.2, 0.25) is 0 Å². The highest BCUT2D eigenvalue weighted by Crippen LogP contribution is 2.21. The van der Waals surface area contributed by atoms with E-state index < -0.39 is 0 Å². The summed E-state index contributed by atoms with van der Waals surface area (Å²) < 4.78 is 0. The van der Waals surface area contributed by atoms with Gasteiger partial charge in [0.05, 0.1) is 5.69 Å². The molecule has 59 valence electrons. The van der Waals surface area contributed by atoms with Crippen molar-refractivity contribution < 1.29 is 0 Å². The monoisotopic (exact) mass is 175 g/mol. The van der Waals surface area contributed by atoms with E-state index >= 15 is 0 Å². The predicted molar refractivity (Wildman–Crippen MR) is 50.8 cm³/mol. The number of rotatable bonds is 1. The third-order valence-corrected chi connectivity index (χ3v) is 2.18. The zero-order valence-electron chi connectivity index (χ0n) is 6.32. The van der Waals surface area contributed by atoms with Gasteiger partial charge in [0.25, 0.3) is 0 Å².